The Kier molecular flexibility index (Phi) is 11.5. The van der Waals surface area contributed by atoms with Crippen LogP contribution in [0.2, 0.25) is 0 Å². The number of aliphatic carboxylic acids is 1. The second kappa shape index (κ2) is 10.9. The monoisotopic (exact) mass is 270 g/mol. The molecule has 0 atom stereocenters. The Morgan fingerprint density at radius 1 is 1.17 bits per heavy atom. The number of alkyl halides is 3. The molecule has 0 amide bonds. The molecule has 0 aliphatic rings. The van der Waals surface area contributed by atoms with Gasteiger partial charge in [-0.1, -0.05) is 39.0 Å². The van der Waals surface area contributed by atoms with Gasteiger partial charge >= 0.3 is 12.1 Å². The van der Waals surface area contributed by atoms with E-state index in [-0.39, 0.29) is 0 Å². The molecule has 0 aromatic carbocycles. The first-order valence-electron chi connectivity index (χ1n) is 5.84. The molecule has 0 unspecified atom stereocenters. The van der Waals surface area contributed by atoms with Crippen LogP contribution in [-0.2, 0) is 4.79 Å². The lowest BCUT2D eigenvalue weighted by atomic mass is 10.1. The van der Waals surface area contributed by atoms with Gasteiger partial charge in [0.2, 0.25) is 0 Å². The Balaban J connectivity index is 0. The van der Waals surface area contributed by atoms with Crippen LogP contribution in [0.4, 0.5) is 13.2 Å². The topological polar surface area (TPSA) is 87.2 Å². The molecule has 0 saturated carbocycles. The number of carboxylic acids is 1. The van der Waals surface area contributed by atoms with Crippen LogP contribution in [0.15, 0.2) is 0 Å². The summed E-state index contributed by atoms with van der Waals surface area (Å²) in [5.41, 5.74) is 5.22. The van der Waals surface area contributed by atoms with E-state index >= 15 is 0 Å². The molecule has 0 radical (unpaired) electrons. The third kappa shape index (κ3) is 17.1. The largest absolute Gasteiger partial charge is 0.490 e. The van der Waals surface area contributed by atoms with Crippen molar-refractivity contribution in [2.75, 3.05) is 0 Å². The lowest BCUT2D eigenvalue weighted by Gasteiger charge is -1.98. The fraction of sp³-hybridized carbons (Fsp3) is 0.818. The minimum Gasteiger partial charge on any atom is -0.475 e. The number of nitrogens with one attached hydrogen (secondary N) is 1. The quantitative estimate of drug-likeness (QED) is 0.377. The van der Waals surface area contributed by atoms with Crippen molar-refractivity contribution in [3.63, 3.8) is 0 Å². The third-order valence-corrected chi connectivity index (χ3v) is 2.04. The maximum absolute atomic E-state index is 10.6. The summed E-state index contributed by atoms with van der Waals surface area (Å²) in [6.45, 7) is 2.22. The first-order chi connectivity index (χ1) is 8.21. The van der Waals surface area contributed by atoms with Gasteiger partial charge in [0, 0.05) is 6.42 Å². The van der Waals surface area contributed by atoms with E-state index < -0.39 is 12.1 Å². The molecule has 0 rings (SSSR count). The van der Waals surface area contributed by atoms with E-state index in [1.807, 2.05) is 0 Å². The van der Waals surface area contributed by atoms with E-state index in [1.165, 1.54) is 32.1 Å². The van der Waals surface area contributed by atoms with Crippen molar-refractivity contribution in [3.8, 4) is 0 Å². The lowest BCUT2D eigenvalue weighted by molar-refractivity contribution is -0.192. The average Bonchev–Trinajstić information content (AvgIpc) is 2.22. The molecule has 0 fully saturated rings. The van der Waals surface area contributed by atoms with E-state index in [2.05, 4.69) is 6.92 Å². The summed E-state index contributed by atoms with van der Waals surface area (Å²) in [6, 6.07) is 0. The van der Waals surface area contributed by atoms with Gasteiger partial charge in [-0.05, 0) is 6.42 Å². The third-order valence-electron chi connectivity index (χ3n) is 2.04. The predicted octanol–water partition coefficient (Wildman–Crippen LogP) is 3.31. The summed E-state index contributed by atoms with van der Waals surface area (Å²) >= 11 is 0. The summed E-state index contributed by atoms with van der Waals surface area (Å²) in [7, 11) is 0. The van der Waals surface area contributed by atoms with Crippen molar-refractivity contribution >= 4 is 11.8 Å². The van der Waals surface area contributed by atoms with E-state index in [4.69, 9.17) is 21.0 Å². The SMILES string of the molecule is CCCCCCCCC(=N)N.O=C(O)C(F)(F)F. The van der Waals surface area contributed by atoms with Crippen LogP contribution in [0.3, 0.4) is 0 Å². The molecule has 0 aliphatic carbocycles. The van der Waals surface area contributed by atoms with E-state index in [0.717, 1.165) is 12.8 Å². The second-order valence-electron chi connectivity index (χ2n) is 3.85. The number of rotatable bonds is 7. The van der Waals surface area contributed by atoms with Crippen LogP contribution in [0.5, 0.6) is 0 Å². The zero-order valence-corrected chi connectivity index (χ0v) is 10.5. The van der Waals surface area contributed by atoms with Gasteiger partial charge in [0.15, 0.2) is 0 Å². The van der Waals surface area contributed by atoms with Gasteiger partial charge in [-0.3, -0.25) is 5.41 Å². The van der Waals surface area contributed by atoms with Crippen molar-refractivity contribution in [2.24, 2.45) is 5.73 Å². The van der Waals surface area contributed by atoms with Gasteiger partial charge in [0.1, 0.15) is 0 Å². The summed E-state index contributed by atoms with van der Waals surface area (Å²) in [6.07, 6.45) is 3.33. The standard InChI is InChI=1S/C9H20N2.C2HF3O2/c1-2-3-4-5-6-7-8-9(10)11;3-2(4,5)1(6)7/h2-8H2,1H3,(H3,10,11);(H,6,7). The number of amidine groups is 1. The maximum Gasteiger partial charge on any atom is 0.490 e. The Labute approximate surface area is 105 Å². The highest BCUT2D eigenvalue weighted by Gasteiger charge is 2.38. The summed E-state index contributed by atoms with van der Waals surface area (Å²) < 4.78 is 31.7. The van der Waals surface area contributed by atoms with Gasteiger partial charge in [-0.15, -0.1) is 0 Å². The molecule has 0 aliphatic heterocycles. The highest BCUT2D eigenvalue weighted by molar-refractivity contribution is 5.76. The minimum atomic E-state index is -5.08. The van der Waals surface area contributed by atoms with Gasteiger partial charge in [-0.2, -0.15) is 13.2 Å². The minimum absolute atomic E-state index is 0.334. The van der Waals surface area contributed by atoms with Crippen molar-refractivity contribution in [3.05, 3.63) is 0 Å². The number of hydrogen-bond acceptors (Lipinski definition) is 2. The molecule has 0 aromatic rings. The highest BCUT2D eigenvalue weighted by Crippen LogP contribution is 2.13. The molecular formula is C11H21F3N2O2. The summed E-state index contributed by atoms with van der Waals surface area (Å²) in [5.74, 6) is -2.42. The molecule has 7 heteroatoms. The Bertz CT molecular complexity index is 243. The van der Waals surface area contributed by atoms with Gasteiger partial charge in [-0.25, -0.2) is 4.79 Å². The molecule has 0 bridgehead atoms. The number of halogens is 3. The highest BCUT2D eigenvalue weighted by atomic mass is 19.4. The average molecular weight is 270 g/mol. The van der Waals surface area contributed by atoms with Crippen LogP contribution in [-0.4, -0.2) is 23.1 Å². The number of unbranched alkanes of at least 4 members (excludes halogenated alkanes) is 5. The molecule has 0 heterocycles. The Morgan fingerprint density at radius 2 is 1.56 bits per heavy atom. The van der Waals surface area contributed by atoms with Gasteiger partial charge < -0.3 is 10.8 Å². The molecule has 0 saturated heterocycles. The van der Waals surface area contributed by atoms with Crippen LogP contribution in [0.1, 0.15) is 51.9 Å². The second-order valence-corrected chi connectivity index (χ2v) is 3.85. The molecular weight excluding hydrogens is 249 g/mol. The van der Waals surface area contributed by atoms with Crippen molar-refractivity contribution in [1.29, 1.82) is 5.41 Å². The number of carboxylic acid groups (broad SMARTS) is 1. The normalized spacial score (nSPS) is 10.4. The zero-order valence-electron chi connectivity index (χ0n) is 10.5. The molecule has 4 nitrogen and oxygen atoms in total. The van der Waals surface area contributed by atoms with E-state index in [1.54, 1.807) is 0 Å². The van der Waals surface area contributed by atoms with Crippen molar-refractivity contribution in [2.45, 2.75) is 58.0 Å². The van der Waals surface area contributed by atoms with E-state index in [9.17, 15) is 13.2 Å². The molecule has 18 heavy (non-hydrogen) atoms. The summed E-state index contributed by atoms with van der Waals surface area (Å²) in [5, 5.41) is 14.1. The van der Waals surface area contributed by atoms with Gasteiger partial charge in [0.05, 0.1) is 5.84 Å². The van der Waals surface area contributed by atoms with E-state index in [0.29, 0.717) is 5.84 Å². The van der Waals surface area contributed by atoms with Crippen molar-refractivity contribution in [1.82, 2.24) is 0 Å². The van der Waals surface area contributed by atoms with Crippen LogP contribution >= 0.6 is 0 Å². The number of nitrogens with two attached hydrogens (primary N) is 1. The molecule has 4 N–H and O–H groups in total. The first-order valence-corrected chi connectivity index (χ1v) is 5.84. The zero-order chi connectivity index (χ0) is 14.6. The van der Waals surface area contributed by atoms with Crippen molar-refractivity contribution < 1.29 is 23.1 Å². The fourth-order valence-electron chi connectivity index (χ4n) is 1.10. The summed E-state index contributed by atoms with van der Waals surface area (Å²) in [4.78, 5) is 8.90. The number of hydrogen-bond donors (Lipinski definition) is 3. The smallest absolute Gasteiger partial charge is 0.475 e. The lowest BCUT2D eigenvalue weighted by Crippen LogP contribution is -2.21. The molecule has 108 valence electrons. The van der Waals surface area contributed by atoms with Crippen LogP contribution in [0, 0.1) is 5.41 Å². The van der Waals surface area contributed by atoms with Crippen LogP contribution < -0.4 is 5.73 Å². The first kappa shape index (κ1) is 19.1. The Hall–Kier alpha value is -1.27. The fourth-order valence-corrected chi connectivity index (χ4v) is 1.10. The molecule has 0 spiro atoms. The Morgan fingerprint density at radius 3 is 1.89 bits per heavy atom. The number of carbonyl (C=O) groups is 1. The molecule has 0 aromatic heterocycles. The predicted molar refractivity (Wildman–Crippen MR) is 63.6 cm³/mol. The van der Waals surface area contributed by atoms with Gasteiger partial charge in [0.25, 0.3) is 0 Å². The maximum atomic E-state index is 10.6. The van der Waals surface area contributed by atoms with Crippen LogP contribution in [0.25, 0.3) is 0 Å².